The van der Waals surface area contributed by atoms with E-state index in [1.54, 1.807) is 0 Å². The van der Waals surface area contributed by atoms with Crippen LogP contribution in [0.4, 0.5) is 0 Å². The van der Waals surface area contributed by atoms with Gasteiger partial charge in [0.05, 0.1) is 9.52 Å². The minimum Gasteiger partial charge on any atom is -0.109 e. The SMILES string of the molecule is C=C([SiH3])[SiH2]c1ccccc1. The summed E-state index contributed by atoms with van der Waals surface area (Å²) in [6, 6.07) is 10.7. The zero-order chi connectivity index (χ0) is 7.40. The molecule has 0 radical (unpaired) electrons. The second-order valence-electron chi connectivity index (χ2n) is 2.62. The average molecular weight is 164 g/mol. The Morgan fingerprint density at radius 1 is 1.30 bits per heavy atom. The van der Waals surface area contributed by atoms with Gasteiger partial charge in [0.15, 0.2) is 0 Å². The van der Waals surface area contributed by atoms with Gasteiger partial charge in [-0.05, 0) is 0 Å². The molecule has 0 saturated heterocycles. The van der Waals surface area contributed by atoms with Crippen LogP contribution in [0.15, 0.2) is 41.7 Å². The van der Waals surface area contributed by atoms with Crippen LogP contribution in [0.3, 0.4) is 0 Å². The van der Waals surface area contributed by atoms with Crippen LogP contribution in [0.2, 0.25) is 0 Å². The quantitative estimate of drug-likeness (QED) is 0.508. The third-order valence-electron chi connectivity index (χ3n) is 1.35. The molecular weight excluding hydrogens is 152 g/mol. The van der Waals surface area contributed by atoms with E-state index < -0.39 is 0 Å². The molecule has 0 aliphatic carbocycles. The summed E-state index contributed by atoms with van der Waals surface area (Å²) in [4.78, 5) is 1.49. The largest absolute Gasteiger partial charge is 0.109 e. The van der Waals surface area contributed by atoms with Crippen molar-refractivity contribution < 1.29 is 0 Å². The lowest BCUT2D eigenvalue weighted by molar-refractivity contribution is 1.77. The standard InChI is InChI=1S/C8H12Si2/c1-7(9)10-8-5-3-2-4-6-8/h2-6H,1,10H2,9H3. The maximum absolute atomic E-state index is 3.97. The highest BCUT2D eigenvalue weighted by atomic mass is 28.2. The van der Waals surface area contributed by atoms with Gasteiger partial charge in [0.1, 0.15) is 0 Å². The van der Waals surface area contributed by atoms with Gasteiger partial charge in [-0.3, -0.25) is 0 Å². The Kier molecular flexibility index (Phi) is 2.65. The molecule has 0 nitrogen and oxygen atoms in total. The molecule has 10 heavy (non-hydrogen) atoms. The second kappa shape index (κ2) is 3.53. The molecule has 0 aliphatic rings. The molecule has 0 aliphatic heterocycles. The molecule has 0 saturated carbocycles. The fourth-order valence-electron chi connectivity index (χ4n) is 0.944. The van der Waals surface area contributed by atoms with Crippen LogP contribution in [0.5, 0.6) is 0 Å². The highest BCUT2D eigenvalue weighted by molar-refractivity contribution is 6.71. The van der Waals surface area contributed by atoms with Crippen molar-refractivity contribution in [2.24, 2.45) is 0 Å². The van der Waals surface area contributed by atoms with Gasteiger partial charge in [-0.15, -0.1) is 11.4 Å². The van der Waals surface area contributed by atoms with Gasteiger partial charge in [0.25, 0.3) is 0 Å². The lowest BCUT2D eigenvalue weighted by Crippen LogP contribution is -2.14. The summed E-state index contributed by atoms with van der Waals surface area (Å²) in [7, 11) is 1.06. The molecule has 1 aromatic rings. The maximum atomic E-state index is 3.97. The van der Waals surface area contributed by atoms with E-state index in [1.807, 2.05) is 0 Å². The van der Waals surface area contributed by atoms with E-state index in [4.69, 9.17) is 0 Å². The summed E-state index contributed by atoms with van der Waals surface area (Å²) in [5.41, 5.74) is 0. The topological polar surface area (TPSA) is 0 Å². The molecule has 2 heteroatoms. The molecule has 0 amide bonds. The van der Waals surface area contributed by atoms with E-state index in [1.165, 1.54) is 20.2 Å². The Hall–Kier alpha value is -0.606. The number of rotatable bonds is 2. The molecule has 1 aromatic carbocycles. The smallest absolute Gasteiger partial charge is 0.0759 e. The van der Waals surface area contributed by atoms with Crippen molar-refractivity contribution in [2.45, 2.75) is 0 Å². The summed E-state index contributed by atoms with van der Waals surface area (Å²) in [6.07, 6.45) is 0. The third kappa shape index (κ3) is 2.33. The predicted molar refractivity (Wildman–Crippen MR) is 53.7 cm³/mol. The molecule has 0 bridgehead atoms. The Morgan fingerprint density at radius 3 is 2.40 bits per heavy atom. The zero-order valence-corrected chi connectivity index (χ0v) is 9.72. The van der Waals surface area contributed by atoms with Crippen molar-refractivity contribution in [3.63, 3.8) is 0 Å². The zero-order valence-electron chi connectivity index (χ0n) is 6.30. The molecule has 0 aromatic heterocycles. The first-order valence-corrected chi connectivity index (χ1v) is 5.89. The fraction of sp³-hybridized carbons (Fsp3) is 0. The van der Waals surface area contributed by atoms with Crippen molar-refractivity contribution in [3.05, 3.63) is 41.7 Å². The molecule has 0 fully saturated rings. The first kappa shape index (κ1) is 7.50. The molecule has 52 valence electrons. The second-order valence-corrected chi connectivity index (χ2v) is 7.83. The van der Waals surface area contributed by atoms with E-state index >= 15 is 0 Å². The average Bonchev–Trinajstić information content (AvgIpc) is 1.88. The molecule has 0 unspecified atom stereocenters. The van der Waals surface area contributed by atoms with Crippen molar-refractivity contribution >= 4 is 24.9 Å². The monoisotopic (exact) mass is 164 g/mol. The minimum absolute atomic E-state index is 0.109. The number of benzene rings is 1. The highest BCUT2D eigenvalue weighted by Gasteiger charge is 1.89. The van der Waals surface area contributed by atoms with Crippen LogP contribution in [-0.2, 0) is 0 Å². The summed E-state index contributed by atoms with van der Waals surface area (Å²) in [5.74, 6) is 0. The first-order valence-electron chi connectivity index (χ1n) is 3.47. The molecule has 0 heterocycles. The van der Waals surface area contributed by atoms with Crippen LogP contribution in [0.1, 0.15) is 0 Å². The maximum Gasteiger partial charge on any atom is 0.0759 e. The van der Waals surface area contributed by atoms with Crippen LogP contribution in [0, 0.1) is 0 Å². The summed E-state index contributed by atoms with van der Waals surface area (Å²) in [6.45, 7) is 3.97. The van der Waals surface area contributed by atoms with E-state index in [0.29, 0.717) is 0 Å². The van der Waals surface area contributed by atoms with Gasteiger partial charge in [-0.2, -0.15) is 0 Å². The normalized spacial score (nSPS) is 10.8. The van der Waals surface area contributed by atoms with Crippen molar-refractivity contribution in [1.29, 1.82) is 0 Å². The molecule has 1 rings (SSSR count). The molecule has 0 atom stereocenters. The lowest BCUT2D eigenvalue weighted by atomic mass is 10.4. The Labute approximate surface area is 67.2 Å². The van der Waals surface area contributed by atoms with Crippen LogP contribution in [-0.4, -0.2) is 19.8 Å². The highest BCUT2D eigenvalue weighted by Crippen LogP contribution is 1.83. The van der Waals surface area contributed by atoms with Gasteiger partial charge in [0, 0.05) is 10.2 Å². The van der Waals surface area contributed by atoms with Crippen LogP contribution in [0.25, 0.3) is 0 Å². The molecule has 0 N–H and O–H groups in total. The third-order valence-corrected chi connectivity index (χ3v) is 3.89. The molecular formula is C8H12Si2. The van der Waals surface area contributed by atoms with Gasteiger partial charge in [-0.1, -0.05) is 35.5 Å². The summed E-state index contributed by atoms with van der Waals surface area (Å²) >= 11 is 0. The predicted octanol–water partition coefficient (Wildman–Crippen LogP) is -0.683. The van der Waals surface area contributed by atoms with Gasteiger partial charge in [0.2, 0.25) is 0 Å². The van der Waals surface area contributed by atoms with Gasteiger partial charge < -0.3 is 0 Å². The number of hydrogen-bond acceptors (Lipinski definition) is 0. The van der Waals surface area contributed by atoms with Crippen molar-refractivity contribution in [1.82, 2.24) is 0 Å². The van der Waals surface area contributed by atoms with Gasteiger partial charge in [-0.25, -0.2) is 0 Å². The Morgan fingerprint density at radius 2 is 1.90 bits per heavy atom. The van der Waals surface area contributed by atoms with E-state index in [2.05, 4.69) is 36.9 Å². The minimum atomic E-state index is -0.109. The summed E-state index contributed by atoms with van der Waals surface area (Å²) < 4.78 is 0. The fourth-order valence-corrected chi connectivity index (χ4v) is 3.37. The Bertz CT molecular complexity index is 216. The van der Waals surface area contributed by atoms with Crippen molar-refractivity contribution in [2.75, 3.05) is 0 Å². The summed E-state index contributed by atoms with van der Waals surface area (Å²) in [5, 5.41) is 1.52. The van der Waals surface area contributed by atoms with Crippen LogP contribution < -0.4 is 5.19 Å². The Balaban J connectivity index is 2.67. The first-order chi connectivity index (χ1) is 4.79. The number of hydrogen-bond donors (Lipinski definition) is 0. The molecule has 0 spiro atoms. The van der Waals surface area contributed by atoms with Crippen LogP contribution >= 0.6 is 0 Å². The van der Waals surface area contributed by atoms with Gasteiger partial charge >= 0.3 is 0 Å². The lowest BCUT2D eigenvalue weighted by Gasteiger charge is -1.96. The van der Waals surface area contributed by atoms with E-state index in [0.717, 1.165) is 0 Å². The van der Waals surface area contributed by atoms with E-state index in [9.17, 15) is 0 Å². The van der Waals surface area contributed by atoms with E-state index in [-0.39, 0.29) is 9.52 Å². The van der Waals surface area contributed by atoms with Crippen molar-refractivity contribution in [3.8, 4) is 0 Å².